The number of piperidine rings is 1. The van der Waals surface area contributed by atoms with Crippen LogP contribution in [0.3, 0.4) is 0 Å². The monoisotopic (exact) mass is 333 g/mol. The van der Waals surface area contributed by atoms with Gasteiger partial charge in [0.1, 0.15) is 12.4 Å². The number of benzene rings is 1. The van der Waals surface area contributed by atoms with Gasteiger partial charge in [-0.15, -0.1) is 0 Å². The first kappa shape index (κ1) is 15.1. The van der Waals surface area contributed by atoms with Gasteiger partial charge in [0.25, 0.3) is 0 Å². The molecule has 2 aromatic rings. The van der Waals surface area contributed by atoms with Crippen LogP contribution in [0.1, 0.15) is 24.8 Å². The van der Waals surface area contributed by atoms with Gasteiger partial charge in [0.05, 0.1) is 0 Å². The minimum atomic E-state index is -0.938. The zero-order valence-corrected chi connectivity index (χ0v) is 13.0. The second-order valence-electron chi connectivity index (χ2n) is 6.19. The summed E-state index contributed by atoms with van der Waals surface area (Å²) in [5, 5.41) is 0. The van der Waals surface area contributed by atoms with Gasteiger partial charge in [0.2, 0.25) is 5.88 Å². The van der Waals surface area contributed by atoms with E-state index < -0.39 is 11.6 Å². The first-order chi connectivity index (χ1) is 11.6. The van der Waals surface area contributed by atoms with Crippen LogP contribution in [0.4, 0.5) is 14.6 Å². The maximum Gasteiger partial charge on any atom is 0.352 e. The van der Waals surface area contributed by atoms with Crippen molar-refractivity contribution in [2.24, 2.45) is 0 Å². The number of nitrogens with zero attached hydrogens (tertiary/aromatic N) is 3. The van der Waals surface area contributed by atoms with Gasteiger partial charge in [0, 0.05) is 30.8 Å². The number of ether oxygens (including phenoxy) is 1. The van der Waals surface area contributed by atoms with Gasteiger partial charge in [-0.2, -0.15) is 4.98 Å². The zero-order chi connectivity index (χ0) is 16.7. The van der Waals surface area contributed by atoms with Crippen LogP contribution in [0.2, 0.25) is 0 Å². The number of halogens is 2. The minimum Gasteiger partial charge on any atom is -0.472 e. The Morgan fingerprint density at radius 1 is 1.29 bits per heavy atom. The molecule has 1 fully saturated rings. The molecule has 24 heavy (non-hydrogen) atoms. The molecule has 0 N–H and O–H groups in total. The van der Waals surface area contributed by atoms with E-state index >= 15 is 0 Å². The maximum atomic E-state index is 13.7. The number of fused-ring (bicyclic) bond motifs is 3. The molecule has 0 aliphatic carbocycles. The number of anilines is 1. The zero-order valence-electron chi connectivity index (χ0n) is 13.0. The Kier molecular flexibility index (Phi) is 3.70. The standard InChI is InChI=1S/C17H17F2N3O2/c18-13-6-3-4-11(16(13)19)10-24-14-8-15-21-7-2-1-5-12(21)9-22(15)17(23)20-14/h3-4,6,8,12H,1-2,5,7,9-10H2/t12-/m1/s1. The van der Waals surface area contributed by atoms with Crippen LogP contribution in [0.5, 0.6) is 5.88 Å². The van der Waals surface area contributed by atoms with Crippen LogP contribution < -0.4 is 15.3 Å². The second-order valence-corrected chi connectivity index (χ2v) is 6.19. The van der Waals surface area contributed by atoms with Gasteiger partial charge in [-0.3, -0.25) is 4.57 Å². The van der Waals surface area contributed by atoms with E-state index in [1.54, 1.807) is 10.6 Å². The van der Waals surface area contributed by atoms with Crippen molar-refractivity contribution >= 4 is 5.82 Å². The molecule has 0 unspecified atom stereocenters. The number of aromatic nitrogens is 2. The molecule has 1 saturated heterocycles. The Labute approximate surface area is 137 Å². The van der Waals surface area contributed by atoms with Crippen molar-refractivity contribution in [1.29, 1.82) is 0 Å². The van der Waals surface area contributed by atoms with E-state index in [4.69, 9.17) is 4.74 Å². The summed E-state index contributed by atoms with van der Waals surface area (Å²) >= 11 is 0. The molecule has 126 valence electrons. The van der Waals surface area contributed by atoms with Crippen molar-refractivity contribution in [3.05, 3.63) is 51.9 Å². The van der Waals surface area contributed by atoms with E-state index in [-0.39, 0.29) is 23.7 Å². The van der Waals surface area contributed by atoms with E-state index in [0.29, 0.717) is 12.6 Å². The molecule has 3 heterocycles. The lowest BCUT2D eigenvalue weighted by atomic mass is 10.0. The molecule has 0 saturated carbocycles. The fourth-order valence-corrected chi connectivity index (χ4v) is 3.47. The van der Waals surface area contributed by atoms with E-state index in [9.17, 15) is 13.6 Å². The van der Waals surface area contributed by atoms with Crippen molar-refractivity contribution in [2.45, 2.75) is 38.5 Å². The molecular formula is C17H17F2N3O2. The fraction of sp³-hybridized carbons (Fsp3) is 0.412. The van der Waals surface area contributed by atoms with Crippen LogP contribution in [0.25, 0.3) is 0 Å². The minimum absolute atomic E-state index is 0.0910. The van der Waals surface area contributed by atoms with Crippen LogP contribution in [-0.2, 0) is 13.2 Å². The molecule has 1 atom stereocenters. The molecule has 1 aromatic heterocycles. The normalized spacial score (nSPS) is 19.1. The highest BCUT2D eigenvalue weighted by atomic mass is 19.2. The number of hydrogen-bond donors (Lipinski definition) is 0. The molecule has 5 nitrogen and oxygen atoms in total. The molecule has 4 rings (SSSR count). The molecule has 0 spiro atoms. The lowest BCUT2D eigenvalue weighted by Gasteiger charge is -2.30. The molecule has 2 aliphatic rings. The molecule has 0 radical (unpaired) electrons. The van der Waals surface area contributed by atoms with E-state index in [0.717, 1.165) is 31.3 Å². The average Bonchev–Trinajstić information content (AvgIpc) is 2.96. The van der Waals surface area contributed by atoms with Crippen LogP contribution >= 0.6 is 0 Å². The van der Waals surface area contributed by atoms with Crippen LogP contribution in [0, 0.1) is 11.6 Å². The van der Waals surface area contributed by atoms with E-state index in [1.807, 2.05) is 0 Å². The number of hydrogen-bond acceptors (Lipinski definition) is 4. The molecule has 1 aromatic carbocycles. The SMILES string of the molecule is O=c1nc(OCc2cccc(F)c2F)cc2n1C[C@H]1CCCCN21. The van der Waals surface area contributed by atoms with Gasteiger partial charge < -0.3 is 9.64 Å². The lowest BCUT2D eigenvalue weighted by molar-refractivity contribution is 0.283. The summed E-state index contributed by atoms with van der Waals surface area (Å²) in [7, 11) is 0. The lowest BCUT2D eigenvalue weighted by Crippen LogP contribution is -2.36. The maximum absolute atomic E-state index is 13.7. The third-order valence-electron chi connectivity index (χ3n) is 4.69. The van der Waals surface area contributed by atoms with Crippen LogP contribution in [0.15, 0.2) is 29.1 Å². The average molecular weight is 333 g/mol. The predicted molar refractivity (Wildman–Crippen MR) is 84.2 cm³/mol. The van der Waals surface area contributed by atoms with Gasteiger partial charge >= 0.3 is 5.69 Å². The highest BCUT2D eigenvalue weighted by Crippen LogP contribution is 2.32. The summed E-state index contributed by atoms with van der Waals surface area (Å²) in [6.07, 6.45) is 3.32. The third kappa shape index (κ3) is 2.53. The first-order valence-corrected chi connectivity index (χ1v) is 8.07. The molecule has 2 aliphatic heterocycles. The first-order valence-electron chi connectivity index (χ1n) is 8.07. The highest BCUT2D eigenvalue weighted by molar-refractivity contribution is 5.47. The summed E-state index contributed by atoms with van der Waals surface area (Å²) in [4.78, 5) is 18.3. The Morgan fingerprint density at radius 3 is 3.04 bits per heavy atom. The summed E-state index contributed by atoms with van der Waals surface area (Å²) in [5.74, 6) is -0.920. The predicted octanol–water partition coefficient (Wildman–Crippen LogP) is 2.47. The fourth-order valence-electron chi connectivity index (χ4n) is 3.47. The van der Waals surface area contributed by atoms with Gasteiger partial charge in [0.15, 0.2) is 11.6 Å². The van der Waals surface area contributed by atoms with Crippen LogP contribution in [-0.4, -0.2) is 22.1 Å². The van der Waals surface area contributed by atoms with Crippen molar-refractivity contribution in [3.63, 3.8) is 0 Å². The van der Waals surface area contributed by atoms with Crippen molar-refractivity contribution in [3.8, 4) is 5.88 Å². The summed E-state index contributed by atoms with van der Waals surface area (Å²) in [6.45, 7) is 1.38. The Morgan fingerprint density at radius 2 is 2.17 bits per heavy atom. The van der Waals surface area contributed by atoms with Gasteiger partial charge in [-0.1, -0.05) is 12.1 Å². The van der Waals surface area contributed by atoms with Crippen molar-refractivity contribution < 1.29 is 13.5 Å². The molecule has 0 amide bonds. The Balaban J connectivity index is 1.58. The van der Waals surface area contributed by atoms with E-state index in [1.165, 1.54) is 18.6 Å². The summed E-state index contributed by atoms with van der Waals surface area (Å²) in [6, 6.07) is 5.96. The summed E-state index contributed by atoms with van der Waals surface area (Å²) < 4.78 is 34.0. The van der Waals surface area contributed by atoms with Crippen molar-refractivity contribution in [2.75, 3.05) is 11.4 Å². The topological polar surface area (TPSA) is 47.4 Å². The Bertz CT molecular complexity index is 837. The molecular weight excluding hydrogens is 316 g/mol. The van der Waals surface area contributed by atoms with Gasteiger partial charge in [-0.05, 0) is 25.3 Å². The quantitative estimate of drug-likeness (QED) is 0.866. The van der Waals surface area contributed by atoms with E-state index in [2.05, 4.69) is 9.88 Å². The number of rotatable bonds is 3. The Hall–Kier alpha value is -2.44. The highest BCUT2D eigenvalue weighted by Gasteiger charge is 2.32. The second kappa shape index (κ2) is 5.89. The van der Waals surface area contributed by atoms with Crippen molar-refractivity contribution in [1.82, 2.24) is 9.55 Å². The molecule has 7 heteroatoms. The smallest absolute Gasteiger partial charge is 0.352 e. The largest absolute Gasteiger partial charge is 0.472 e. The van der Waals surface area contributed by atoms with Gasteiger partial charge in [-0.25, -0.2) is 13.6 Å². The summed E-state index contributed by atoms with van der Waals surface area (Å²) in [5.41, 5.74) is -0.273. The third-order valence-corrected chi connectivity index (χ3v) is 4.69. The molecule has 0 bridgehead atoms.